The molecule has 1 aliphatic heterocycles. The maximum absolute atomic E-state index is 6.09. The van der Waals surface area contributed by atoms with E-state index in [0.29, 0.717) is 6.54 Å². The van der Waals surface area contributed by atoms with Crippen molar-refractivity contribution in [3.05, 3.63) is 5.89 Å². The number of aromatic nitrogens is 2. The summed E-state index contributed by atoms with van der Waals surface area (Å²) in [6.07, 6.45) is 9.64. The van der Waals surface area contributed by atoms with Gasteiger partial charge in [-0.25, -0.2) is 0 Å². The standard InChI is InChI=1S/C16H28N4O/c1-13-6-8-16(12-17,9-7-13)14-18-15(19-21-14)20-10-4-2-3-5-11-20/h13H,2-12,17H2,1H3. The predicted molar refractivity (Wildman–Crippen MR) is 83.3 cm³/mol. The van der Waals surface area contributed by atoms with Crippen LogP contribution in [-0.2, 0) is 5.41 Å². The summed E-state index contributed by atoms with van der Waals surface area (Å²) in [4.78, 5) is 7.01. The van der Waals surface area contributed by atoms with Gasteiger partial charge in [0.15, 0.2) is 0 Å². The number of anilines is 1. The van der Waals surface area contributed by atoms with Crippen molar-refractivity contribution in [3.63, 3.8) is 0 Å². The molecule has 1 saturated heterocycles. The van der Waals surface area contributed by atoms with Crippen LogP contribution < -0.4 is 10.6 Å². The van der Waals surface area contributed by atoms with Crippen LogP contribution in [0.25, 0.3) is 0 Å². The zero-order chi connectivity index (χ0) is 14.7. The summed E-state index contributed by atoms with van der Waals surface area (Å²) in [5.41, 5.74) is 6.01. The number of nitrogens with two attached hydrogens (primary N) is 1. The van der Waals surface area contributed by atoms with Crippen molar-refractivity contribution in [2.45, 2.75) is 63.7 Å². The minimum absolute atomic E-state index is 0.0798. The fraction of sp³-hybridized carbons (Fsp3) is 0.875. The molecule has 1 aromatic rings. The van der Waals surface area contributed by atoms with E-state index >= 15 is 0 Å². The van der Waals surface area contributed by atoms with Gasteiger partial charge in [-0.15, -0.1) is 0 Å². The molecule has 1 aromatic heterocycles. The molecule has 1 saturated carbocycles. The quantitative estimate of drug-likeness (QED) is 0.927. The van der Waals surface area contributed by atoms with E-state index in [1.54, 1.807) is 0 Å². The third kappa shape index (κ3) is 3.07. The lowest BCUT2D eigenvalue weighted by atomic mass is 9.71. The Balaban J connectivity index is 1.76. The van der Waals surface area contributed by atoms with Crippen molar-refractivity contribution in [3.8, 4) is 0 Å². The Morgan fingerprint density at radius 2 is 1.86 bits per heavy atom. The monoisotopic (exact) mass is 292 g/mol. The summed E-state index contributed by atoms with van der Waals surface area (Å²) < 4.78 is 5.64. The number of rotatable bonds is 3. The molecule has 0 radical (unpaired) electrons. The smallest absolute Gasteiger partial charge is 0.266 e. The molecular formula is C16H28N4O. The summed E-state index contributed by atoms with van der Waals surface area (Å²) in [7, 11) is 0. The van der Waals surface area contributed by atoms with Gasteiger partial charge in [0.25, 0.3) is 5.95 Å². The number of nitrogens with zero attached hydrogens (tertiary/aromatic N) is 3. The molecular weight excluding hydrogens is 264 g/mol. The molecule has 0 atom stereocenters. The van der Waals surface area contributed by atoms with Crippen LogP contribution in [0, 0.1) is 5.92 Å². The average molecular weight is 292 g/mol. The zero-order valence-electron chi connectivity index (χ0n) is 13.2. The predicted octanol–water partition coefficient (Wildman–Crippen LogP) is 2.86. The second-order valence-electron chi connectivity index (χ2n) is 6.97. The van der Waals surface area contributed by atoms with Gasteiger partial charge in [0.05, 0.1) is 5.41 Å². The van der Waals surface area contributed by atoms with Gasteiger partial charge in [-0.1, -0.05) is 19.8 Å². The SMILES string of the molecule is CC1CCC(CN)(c2nc(N3CCCCCC3)no2)CC1. The van der Waals surface area contributed by atoms with E-state index in [1.807, 2.05) is 0 Å². The van der Waals surface area contributed by atoms with Crippen molar-refractivity contribution in [2.24, 2.45) is 11.7 Å². The zero-order valence-corrected chi connectivity index (χ0v) is 13.2. The van der Waals surface area contributed by atoms with E-state index in [2.05, 4.69) is 17.0 Å². The highest BCUT2D eigenvalue weighted by atomic mass is 16.5. The molecule has 2 heterocycles. The number of hydrogen-bond acceptors (Lipinski definition) is 5. The van der Waals surface area contributed by atoms with E-state index in [4.69, 9.17) is 15.2 Å². The molecule has 2 N–H and O–H groups in total. The third-order valence-corrected chi connectivity index (χ3v) is 5.38. The second-order valence-corrected chi connectivity index (χ2v) is 6.97. The van der Waals surface area contributed by atoms with Gasteiger partial charge in [-0.05, 0) is 49.6 Å². The van der Waals surface area contributed by atoms with Crippen LogP contribution in [-0.4, -0.2) is 29.8 Å². The fourth-order valence-electron chi connectivity index (χ4n) is 3.65. The third-order valence-electron chi connectivity index (χ3n) is 5.38. The first-order chi connectivity index (χ1) is 10.2. The van der Waals surface area contributed by atoms with Crippen LogP contribution in [0.3, 0.4) is 0 Å². The van der Waals surface area contributed by atoms with E-state index in [-0.39, 0.29) is 5.41 Å². The Morgan fingerprint density at radius 1 is 1.19 bits per heavy atom. The first kappa shape index (κ1) is 14.8. The Kier molecular flexibility index (Phi) is 4.48. The molecule has 2 aliphatic rings. The Labute approximate surface area is 127 Å². The van der Waals surface area contributed by atoms with Gasteiger partial charge in [-0.2, -0.15) is 4.98 Å². The lowest BCUT2D eigenvalue weighted by molar-refractivity contribution is 0.191. The van der Waals surface area contributed by atoms with E-state index < -0.39 is 0 Å². The van der Waals surface area contributed by atoms with E-state index in [1.165, 1.54) is 38.5 Å². The van der Waals surface area contributed by atoms with Crippen molar-refractivity contribution >= 4 is 5.95 Å². The van der Waals surface area contributed by atoms with Gasteiger partial charge in [0.2, 0.25) is 5.89 Å². The van der Waals surface area contributed by atoms with E-state index in [9.17, 15) is 0 Å². The highest BCUT2D eigenvalue weighted by molar-refractivity contribution is 5.29. The van der Waals surface area contributed by atoms with Gasteiger partial charge < -0.3 is 15.2 Å². The molecule has 118 valence electrons. The lowest BCUT2D eigenvalue weighted by Gasteiger charge is -2.35. The van der Waals surface area contributed by atoms with Gasteiger partial charge in [-0.3, -0.25) is 0 Å². The largest absolute Gasteiger partial charge is 0.338 e. The molecule has 0 bridgehead atoms. The normalized spacial score (nSPS) is 31.1. The van der Waals surface area contributed by atoms with Crippen molar-refractivity contribution in [2.75, 3.05) is 24.5 Å². The van der Waals surface area contributed by atoms with Gasteiger partial charge in [0.1, 0.15) is 0 Å². The van der Waals surface area contributed by atoms with Crippen LogP contribution in [0.15, 0.2) is 4.52 Å². The average Bonchev–Trinajstić information content (AvgIpc) is 2.85. The maximum atomic E-state index is 6.09. The Hall–Kier alpha value is -1.10. The fourth-order valence-corrected chi connectivity index (χ4v) is 3.65. The second kappa shape index (κ2) is 6.34. The van der Waals surface area contributed by atoms with Crippen molar-refractivity contribution in [1.29, 1.82) is 0 Å². The van der Waals surface area contributed by atoms with Gasteiger partial charge in [0, 0.05) is 19.6 Å². The topological polar surface area (TPSA) is 68.2 Å². The minimum Gasteiger partial charge on any atom is -0.338 e. The summed E-state index contributed by atoms with van der Waals surface area (Å²) >= 11 is 0. The summed E-state index contributed by atoms with van der Waals surface area (Å²) in [5, 5.41) is 4.25. The molecule has 0 spiro atoms. The molecule has 3 rings (SSSR count). The van der Waals surface area contributed by atoms with Gasteiger partial charge >= 0.3 is 0 Å². The molecule has 2 fully saturated rings. The first-order valence-electron chi connectivity index (χ1n) is 8.53. The van der Waals surface area contributed by atoms with E-state index in [0.717, 1.165) is 43.7 Å². The molecule has 5 nitrogen and oxygen atoms in total. The van der Waals surface area contributed by atoms with Crippen LogP contribution >= 0.6 is 0 Å². The van der Waals surface area contributed by atoms with Crippen molar-refractivity contribution in [1.82, 2.24) is 10.1 Å². The molecule has 1 aliphatic carbocycles. The molecule has 21 heavy (non-hydrogen) atoms. The first-order valence-corrected chi connectivity index (χ1v) is 8.53. The Bertz CT molecular complexity index is 443. The highest BCUT2D eigenvalue weighted by Crippen LogP contribution is 2.40. The van der Waals surface area contributed by atoms with Crippen LogP contribution in [0.4, 0.5) is 5.95 Å². The van der Waals surface area contributed by atoms with Crippen LogP contribution in [0.5, 0.6) is 0 Å². The van der Waals surface area contributed by atoms with Crippen LogP contribution in [0.2, 0.25) is 0 Å². The lowest BCUT2D eigenvalue weighted by Crippen LogP contribution is -2.39. The summed E-state index contributed by atoms with van der Waals surface area (Å²) in [6, 6.07) is 0. The minimum atomic E-state index is -0.0798. The highest BCUT2D eigenvalue weighted by Gasteiger charge is 2.40. The number of hydrogen-bond donors (Lipinski definition) is 1. The molecule has 5 heteroatoms. The van der Waals surface area contributed by atoms with Crippen LogP contribution in [0.1, 0.15) is 64.2 Å². The Morgan fingerprint density at radius 3 is 2.48 bits per heavy atom. The molecule has 0 unspecified atom stereocenters. The summed E-state index contributed by atoms with van der Waals surface area (Å²) in [6.45, 7) is 5.02. The summed E-state index contributed by atoms with van der Waals surface area (Å²) in [5.74, 6) is 2.34. The maximum Gasteiger partial charge on any atom is 0.266 e. The van der Waals surface area contributed by atoms with Crippen molar-refractivity contribution < 1.29 is 4.52 Å². The molecule has 0 amide bonds. The molecule has 0 aromatic carbocycles.